The lowest BCUT2D eigenvalue weighted by atomic mass is 9.95. The molecular formula is C15H16N4O3S. The van der Waals surface area contributed by atoms with Crippen LogP contribution >= 0.6 is 11.3 Å². The summed E-state index contributed by atoms with van der Waals surface area (Å²) in [6.45, 7) is 1.04. The topological polar surface area (TPSA) is 95.2 Å². The van der Waals surface area contributed by atoms with Gasteiger partial charge in [0.05, 0.1) is 5.56 Å². The van der Waals surface area contributed by atoms with Gasteiger partial charge in [-0.25, -0.2) is 4.98 Å². The molecule has 120 valence electrons. The maximum Gasteiger partial charge on any atom is 0.255 e. The predicted octanol–water partition coefficient (Wildman–Crippen LogP) is 1.32. The van der Waals surface area contributed by atoms with Crippen molar-refractivity contribution in [2.75, 3.05) is 18.4 Å². The average Bonchev–Trinajstić information content (AvgIpc) is 3.08. The van der Waals surface area contributed by atoms with E-state index in [2.05, 4.69) is 15.3 Å². The van der Waals surface area contributed by atoms with E-state index in [1.54, 1.807) is 16.5 Å². The van der Waals surface area contributed by atoms with Crippen LogP contribution in [0, 0.1) is 5.92 Å². The molecule has 3 rings (SSSR count). The zero-order chi connectivity index (χ0) is 16.2. The molecule has 2 aromatic heterocycles. The molecule has 1 aliphatic heterocycles. The average molecular weight is 332 g/mol. The largest absolute Gasteiger partial charge is 0.339 e. The van der Waals surface area contributed by atoms with E-state index in [4.69, 9.17) is 0 Å². The summed E-state index contributed by atoms with van der Waals surface area (Å²) in [7, 11) is 0. The SMILES string of the molecule is O=C(Nc1nccs1)C1CCN(C(=O)c2ccc(=O)[nH]c2)CC1. The minimum Gasteiger partial charge on any atom is -0.339 e. The van der Waals surface area contributed by atoms with Gasteiger partial charge in [0.25, 0.3) is 5.91 Å². The number of aromatic amines is 1. The van der Waals surface area contributed by atoms with Gasteiger partial charge >= 0.3 is 0 Å². The first-order valence-electron chi connectivity index (χ1n) is 7.32. The molecule has 0 spiro atoms. The summed E-state index contributed by atoms with van der Waals surface area (Å²) in [6.07, 6.45) is 4.30. The number of aromatic nitrogens is 2. The van der Waals surface area contributed by atoms with Crippen molar-refractivity contribution in [2.24, 2.45) is 5.92 Å². The Morgan fingerprint density at radius 3 is 2.70 bits per heavy atom. The van der Waals surface area contributed by atoms with Gasteiger partial charge in [0, 0.05) is 42.8 Å². The molecule has 2 N–H and O–H groups in total. The number of nitrogens with one attached hydrogen (secondary N) is 2. The minimum absolute atomic E-state index is 0.0453. The molecule has 8 heteroatoms. The monoisotopic (exact) mass is 332 g/mol. The molecule has 1 fully saturated rings. The third-order valence-electron chi connectivity index (χ3n) is 3.85. The second-order valence-corrected chi connectivity index (χ2v) is 6.23. The maximum absolute atomic E-state index is 12.3. The number of piperidine rings is 1. The maximum atomic E-state index is 12.3. The third-order valence-corrected chi connectivity index (χ3v) is 4.54. The van der Waals surface area contributed by atoms with Crippen LogP contribution in [0.25, 0.3) is 0 Å². The van der Waals surface area contributed by atoms with E-state index in [0.717, 1.165) is 0 Å². The van der Waals surface area contributed by atoms with Gasteiger partial charge in [0.1, 0.15) is 0 Å². The standard InChI is InChI=1S/C15H16N4O3S/c20-12-2-1-11(9-17-12)14(22)19-6-3-10(4-7-19)13(21)18-15-16-5-8-23-15/h1-2,5,8-10H,3-4,6-7H2,(H,17,20)(H,16,18,21). The molecule has 2 aromatic rings. The third kappa shape index (κ3) is 3.65. The summed E-state index contributed by atoms with van der Waals surface area (Å²) < 4.78 is 0. The summed E-state index contributed by atoms with van der Waals surface area (Å²) in [6, 6.07) is 2.85. The smallest absolute Gasteiger partial charge is 0.255 e. The number of H-pyrrole nitrogens is 1. The fraction of sp³-hybridized carbons (Fsp3) is 0.333. The van der Waals surface area contributed by atoms with Gasteiger partial charge in [0.2, 0.25) is 11.5 Å². The van der Waals surface area contributed by atoms with Crippen LogP contribution < -0.4 is 10.9 Å². The van der Waals surface area contributed by atoms with Gasteiger partial charge in [-0.05, 0) is 18.9 Å². The molecule has 1 saturated heterocycles. The van der Waals surface area contributed by atoms with Crippen molar-refractivity contribution >= 4 is 28.3 Å². The van der Waals surface area contributed by atoms with Crippen molar-refractivity contribution in [1.82, 2.24) is 14.9 Å². The van der Waals surface area contributed by atoms with Gasteiger partial charge < -0.3 is 15.2 Å². The number of likely N-dealkylation sites (tertiary alicyclic amines) is 1. The second-order valence-electron chi connectivity index (χ2n) is 5.33. The highest BCUT2D eigenvalue weighted by molar-refractivity contribution is 7.13. The van der Waals surface area contributed by atoms with Crippen LogP contribution in [0.15, 0.2) is 34.7 Å². The molecule has 0 aromatic carbocycles. The van der Waals surface area contributed by atoms with Crippen molar-refractivity contribution in [1.29, 1.82) is 0 Å². The number of hydrogen-bond donors (Lipinski definition) is 2. The Hall–Kier alpha value is -2.48. The molecule has 0 radical (unpaired) electrons. The number of nitrogens with zero attached hydrogens (tertiary/aromatic N) is 2. The number of carbonyl (C=O) groups is 2. The van der Waals surface area contributed by atoms with E-state index >= 15 is 0 Å². The highest BCUT2D eigenvalue weighted by Crippen LogP contribution is 2.21. The lowest BCUT2D eigenvalue weighted by Crippen LogP contribution is -2.41. The number of amides is 2. The second kappa shape index (κ2) is 6.74. The zero-order valence-corrected chi connectivity index (χ0v) is 13.1. The number of hydrogen-bond acceptors (Lipinski definition) is 5. The van der Waals surface area contributed by atoms with E-state index in [-0.39, 0.29) is 23.3 Å². The molecule has 3 heterocycles. The highest BCUT2D eigenvalue weighted by Gasteiger charge is 2.28. The molecule has 0 saturated carbocycles. The lowest BCUT2D eigenvalue weighted by molar-refractivity contribution is -0.121. The van der Waals surface area contributed by atoms with E-state index in [0.29, 0.717) is 36.6 Å². The van der Waals surface area contributed by atoms with Crippen molar-refractivity contribution in [3.8, 4) is 0 Å². The Bertz CT molecular complexity index is 728. The van der Waals surface area contributed by atoms with E-state index in [9.17, 15) is 14.4 Å². The van der Waals surface area contributed by atoms with Crippen molar-refractivity contribution in [3.05, 3.63) is 45.8 Å². The van der Waals surface area contributed by atoms with Crippen molar-refractivity contribution in [3.63, 3.8) is 0 Å². The quantitative estimate of drug-likeness (QED) is 0.886. The van der Waals surface area contributed by atoms with Crippen LogP contribution in [0.4, 0.5) is 5.13 Å². The molecule has 23 heavy (non-hydrogen) atoms. The molecule has 1 aliphatic rings. The Kier molecular flexibility index (Phi) is 4.52. The normalized spacial score (nSPS) is 15.4. The van der Waals surface area contributed by atoms with Crippen LogP contribution in [0.2, 0.25) is 0 Å². The Morgan fingerprint density at radius 1 is 1.30 bits per heavy atom. The molecule has 0 unspecified atom stereocenters. The Balaban J connectivity index is 1.55. The number of thiazole rings is 1. The first-order chi connectivity index (χ1) is 11.1. The van der Waals surface area contributed by atoms with E-state index in [1.165, 1.54) is 29.7 Å². The minimum atomic E-state index is -0.237. The number of rotatable bonds is 3. The summed E-state index contributed by atoms with van der Waals surface area (Å²) in [5, 5.41) is 5.20. The molecule has 2 amide bonds. The Morgan fingerprint density at radius 2 is 2.09 bits per heavy atom. The molecular weight excluding hydrogens is 316 g/mol. The van der Waals surface area contributed by atoms with E-state index in [1.807, 2.05) is 0 Å². The van der Waals surface area contributed by atoms with Gasteiger partial charge in [0.15, 0.2) is 5.13 Å². The summed E-state index contributed by atoms with van der Waals surface area (Å²) >= 11 is 1.38. The van der Waals surface area contributed by atoms with Gasteiger partial charge in [-0.3, -0.25) is 14.4 Å². The first-order valence-corrected chi connectivity index (χ1v) is 8.20. The Labute approximate surface area is 136 Å². The summed E-state index contributed by atoms with van der Waals surface area (Å²) in [4.78, 5) is 43.8. The highest BCUT2D eigenvalue weighted by atomic mass is 32.1. The van der Waals surface area contributed by atoms with Crippen LogP contribution in [0.5, 0.6) is 0 Å². The van der Waals surface area contributed by atoms with E-state index < -0.39 is 0 Å². The molecule has 0 bridgehead atoms. The first kappa shape index (κ1) is 15.4. The molecule has 0 atom stereocenters. The van der Waals surface area contributed by atoms with Gasteiger partial charge in [-0.2, -0.15) is 0 Å². The van der Waals surface area contributed by atoms with Crippen molar-refractivity contribution in [2.45, 2.75) is 12.8 Å². The number of anilines is 1. The van der Waals surface area contributed by atoms with Crippen LogP contribution in [0.3, 0.4) is 0 Å². The molecule has 7 nitrogen and oxygen atoms in total. The van der Waals surface area contributed by atoms with Crippen LogP contribution in [0.1, 0.15) is 23.2 Å². The molecule has 0 aliphatic carbocycles. The number of pyridine rings is 1. The fourth-order valence-electron chi connectivity index (χ4n) is 2.56. The fourth-order valence-corrected chi connectivity index (χ4v) is 3.10. The van der Waals surface area contributed by atoms with Crippen molar-refractivity contribution < 1.29 is 9.59 Å². The van der Waals surface area contributed by atoms with Gasteiger partial charge in [-0.15, -0.1) is 11.3 Å². The predicted molar refractivity (Wildman–Crippen MR) is 86.4 cm³/mol. The van der Waals surface area contributed by atoms with Crippen LogP contribution in [-0.2, 0) is 4.79 Å². The van der Waals surface area contributed by atoms with Gasteiger partial charge in [-0.1, -0.05) is 0 Å². The zero-order valence-electron chi connectivity index (χ0n) is 12.3. The number of carbonyl (C=O) groups excluding carboxylic acids is 2. The van der Waals surface area contributed by atoms with Crippen LogP contribution in [-0.4, -0.2) is 39.8 Å². The summed E-state index contributed by atoms with van der Waals surface area (Å²) in [5.74, 6) is -0.283. The lowest BCUT2D eigenvalue weighted by Gasteiger charge is -2.31. The summed E-state index contributed by atoms with van der Waals surface area (Å²) in [5.41, 5.74) is 0.217.